The third kappa shape index (κ3) is 4.81. The van der Waals surface area contributed by atoms with E-state index in [1.165, 1.54) is 0 Å². The molecule has 1 heterocycles. The Balaban J connectivity index is 0.00000180. The summed E-state index contributed by atoms with van der Waals surface area (Å²) in [6, 6.07) is 12.7. The van der Waals surface area contributed by atoms with Crippen molar-refractivity contribution in [1.82, 2.24) is 4.98 Å². The van der Waals surface area contributed by atoms with E-state index in [0.29, 0.717) is 0 Å². The Hall–Kier alpha value is -1.62. The van der Waals surface area contributed by atoms with Crippen LogP contribution in [-0.2, 0) is 11.2 Å². The summed E-state index contributed by atoms with van der Waals surface area (Å²) in [6.45, 7) is 0. The van der Waals surface area contributed by atoms with E-state index in [1.807, 2.05) is 42.5 Å². The number of aliphatic carboxylic acids is 1. The average molecular weight is 315 g/mol. The van der Waals surface area contributed by atoms with Crippen LogP contribution in [0.5, 0.6) is 0 Å². The summed E-state index contributed by atoms with van der Waals surface area (Å²) in [4.78, 5) is 15.0. The minimum Gasteiger partial charge on any atom is -0.480 e. The zero-order chi connectivity index (χ0) is 13.0. The summed E-state index contributed by atoms with van der Waals surface area (Å²) in [5.41, 5.74) is 8.19. The third-order valence-electron chi connectivity index (χ3n) is 2.67. The van der Waals surface area contributed by atoms with E-state index in [0.717, 1.165) is 16.8 Å². The van der Waals surface area contributed by atoms with Gasteiger partial charge in [-0.1, -0.05) is 36.4 Å². The molecule has 0 aliphatic heterocycles. The maximum atomic E-state index is 10.6. The van der Waals surface area contributed by atoms with Crippen LogP contribution in [0.1, 0.15) is 5.56 Å². The van der Waals surface area contributed by atoms with Gasteiger partial charge in [0.15, 0.2) is 0 Å². The van der Waals surface area contributed by atoms with Crippen LogP contribution < -0.4 is 5.73 Å². The standard InChI is InChI=1S/C14H14N2O2.2ClH/c15-12(14(17)18)8-10-6-7-13(16-9-10)11-4-2-1-3-5-11;;/h1-7,9,12H,8,15H2,(H,17,18);2*1H/t12-;;/m0../s1. The molecule has 0 amide bonds. The highest BCUT2D eigenvalue weighted by Gasteiger charge is 2.12. The van der Waals surface area contributed by atoms with Gasteiger partial charge in [-0.2, -0.15) is 0 Å². The fraction of sp³-hybridized carbons (Fsp3) is 0.143. The van der Waals surface area contributed by atoms with Crippen molar-refractivity contribution in [2.24, 2.45) is 5.73 Å². The van der Waals surface area contributed by atoms with Crippen LogP contribution in [0.25, 0.3) is 11.3 Å². The van der Waals surface area contributed by atoms with Crippen molar-refractivity contribution in [3.8, 4) is 11.3 Å². The molecule has 0 radical (unpaired) electrons. The normalized spacial score (nSPS) is 10.8. The number of nitrogens with two attached hydrogens (primary N) is 1. The zero-order valence-corrected chi connectivity index (χ0v) is 12.2. The summed E-state index contributed by atoms with van der Waals surface area (Å²) < 4.78 is 0. The summed E-state index contributed by atoms with van der Waals surface area (Å²) >= 11 is 0. The van der Waals surface area contributed by atoms with Crippen LogP contribution in [0, 0.1) is 0 Å². The first-order valence-electron chi connectivity index (χ1n) is 5.65. The predicted molar refractivity (Wildman–Crippen MR) is 83.5 cm³/mol. The lowest BCUT2D eigenvalue weighted by molar-refractivity contribution is -0.138. The van der Waals surface area contributed by atoms with Crippen LogP contribution in [0.4, 0.5) is 0 Å². The highest BCUT2D eigenvalue weighted by Crippen LogP contribution is 2.16. The van der Waals surface area contributed by atoms with Gasteiger partial charge in [-0.05, 0) is 18.1 Å². The van der Waals surface area contributed by atoms with E-state index in [9.17, 15) is 4.79 Å². The van der Waals surface area contributed by atoms with E-state index < -0.39 is 12.0 Å². The summed E-state index contributed by atoms with van der Waals surface area (Å²) in [7, 11) is 0. The van der Waals surface area contributed by atoms with Gasteiger partial charge in [0.25, 0.3) is 0 Å². The largest absolute Gasteiger partial charge is 0.480 e. The molecular formula is C14H16Cl2N2O2. The summed E-state index contributed by atoms with van der Waals surface area (Å²) in [5, 5.41) is 8.73. The molecule has 1 aromatic carbocycles. The summed E-state index contributed by atoms with van der Waals surface area (Å²) in [6.07, 6.45) is 1.96. The molecule has 6 heteroatoms. The molecule has 1 atom stereocenters. The van der Waals surface area contributed by atoms with Gasteiger partial charge in [0, 0.05) is 11.8 Å². The number of benzene rings is 1. The quantitative estimate of drug-likeness (QED) is 0.909. The molecule has 2 aromatic rings. The van der Waals surface area contributed by atoms with E-state index in [1.54, 1.807) is 6.20 Å². The van der Waals surface area contributed by atoms with Gasteiger partial charge in [0.05, 0.1) is 5.69 Å². The number of pyridine rings is 1. The smallest absolute Gasteiger partial charge is 0.320 e. The van der Waals surface area contributed by atoms with Crippen LogP contribution in [0.3, 0.4) is 0 Å². The van der Waals surface area contributed by atoms with Crippen molar-refractivity contribution >= 4 is 30.8 Å². The second-order valence-corrected chi connectivity index (χ2v) is 4.07. The van der Waals surface area contributed by atoms with Gasteiger partial charge in [0.1, 0.15) is 6.04 Å². The van der Waals surface area contributed by atoms with Gasteiger partial charge < -0.3 is 10.8 Å². The maximum absolute atomic E-state index is 10.6. The van der Waals surface area contributed by atoms with Crippen LogP contribution in [-0.4, -0.2) is 22.1 Å². The summed E-state index contributed by atoms with van der Waals surface area (Å²) in [5.74, 6) is -0.998. The van der Waals surface area contributed by atoms with E-state index in [4.69, 9.17) is 10.8 Å². The lowest BCUT2D eigenvalue weighted by Gasteiger charge is -2.07. The minimum atomic E-state index is -0.998. The van der Waals surface area contributed by atoms with Gasteiger partial charge >= 0.3 is 5.97 Å². The predicted octanol–water partition coefficient (Wildman–Crippen LogP) is 2.55. The van der Waals surface area contributed by atoms with Gasteiger partial charge in [-0.3, -0.25) is 9.78 Å². The molecule has 0 aliphatic carbocycles. The number of carboxylic acid groups (broad SMARTS) is 1. The van der Waals surface area contributed by atoms with Gasteiger partial charge in [-0.15, -0.1) is 24.8 Å². The topological polar surface area (TPSA) is 76.2 Å². The molecule has 108 valence electrons. The lowest BCUT2D eigenvalue weighted by Crippen LogP contribution is -2.32. The molecule has 0 saturated carbocycles. The first-order chi connectivity index (χ1) is 8.66. The number of aromatic nitrogens is 1. The molecule has 2 rings (SSSR count). The van der Waals surface area contributed by atoms with Crippen LogP contribution in [0.15, 0.2) is 48.7 Å². The van der Waals surface area contributed by atoms with E-state index in [-0.39, 0.29) is 31.2 Å². The van der Waals surface area contributed by atoms with Crippen molar-refractivity contribution in [2.45, 2.75) is 12.5 Å². The molecule has 20 heavy (non-hydrogen) atoms. The molecule has 0 bridgehead atoms. The Labute approximate surface area is 129 Å². The third-order valence-corrected chi connectivity index (χ3v) is 2.67. The molecule has 0 spiro atoms. The maximum Gasteiger partial charge on any atom is 0.320 e. The number of rotatable bonds is 4. The molecule has 0 aliphatic rings. The van der Waals surface area contributed by atoms with Crippen molar-refractivity contribution in [3.05, 3.63) is 54.2 Å². The second kappa shape index (κ2) is 8.53. The SMILES string of the molecule is Cl.Cl.N[C@@H](Cc1ccc(-c2ccccc2)nc1)C(=O)O. The highest BCUT2D eigenvalue weighted by atomic mass is 35.5. The Kier molecular flexibility index (Phi) is 7.84. The van der Waals surface area contributed by atoms with E-state index in [2.05, 4.69) is 4.98 Å². The number of hydrogen-bond acceptors (Lipinski definition) is 3. The number of carbonyl (C=O) groups is 1. The second-order valence-electron chi connectivity index (χ2n) is 4.07. The Bertz CT molecular complexity index is 533. The fourth-order valence-corrected chi connectivity index (χ4v) is 1.67. The molecular weight excluding hydrogens is 299 g/mol. The van der Waals surface area contributed by atoms with Gasteiger partial charge in [-0.25, -0.2) is 0 Å². The first-order valence-corrected chi connectivity index (χ1v) is 5.65. The minimum absolute atomic E-state index is 0. The van der Waals surface area contributed by atoms with Crippen LogP contribution in [0.2, 0.25) is 0 Å². The number of nitrogens with zero attached hydrogens (tertiary/aromatic N) is 1. The van der Waals surface area contributed by atoms with E-state index >= 15 is 0 Å². The number of carboxylic acids is 1. The molecule has 4 nitrogen and oxygen atoms in total. The van der Waals surface area contributed by atoms with Gasteiger partial charge in [0.2, 0.25) is 0 Å². The lowest BCUT2D eigenvalue weighted by atomic mass is 10.1. The Morgan fingerprint density at radius 1 is 1.15 bits per heavy atom. The highest BCUT2D eigenvalue weighted by molar-refractivity contribution is 5.85. The fourth-order valence-electron chi connectivity index (χ4n) is 1.67. The average Bonchev–Trinajstić information content (AvgIpc) is 2.40. The molecule has 0 saturated heterocycles. The van der Waals surface area contributed by atoms with Crippen LogP contribution >= 0.6 is 24.8 Å². The molecule has 0 unspecified atom stereocenters. The van der Waals surface area contributed by atoms with Crippen molar-refractivity contribution < 1.29 is 9.90 Å². The Morgan fingerprint density at radius 3 is 2.30 bits per heavy atom. The van der Waals surface area contributed by atoms with Crippen molar-refractivity contribution in [3.63, 3.8) is 0 Å². The van der Waals surface area contributed by atoms with Crippen molar-refractivity contribution in [2.75, 3.05) is 0 Å². The zero-order valence-electron chi connectivity index (χ0n) is 10.6. The molecule has 1 aromatic heterocycles. The molecule has 0 fully saturated rings. The van der Waals surface area contributed by atoms with Crippen molar-refractivity contribution in [1.29, 1.82) is 0 Å². The number of halogens is 2. The molecule has 3 N–H and O–H groups in total. The first kappa shape index (κ1) is 18.4. The Morgan fingerprint density at radius 2 is 1.80 bits per heavy atom. The monoisotopic (exact) mass is 314 g/mol. The number of hydrogen-bond donors (Lipinski definition) is 2.